The van der Waals surface area contributed by atoms with E-state index in [1.165, 1.54) is 25.7 Å². The van der Waals surface area contributed by atoms with Gasteiger partial charge in [0.15, 0.2) is 5.96 Å². The molecule has 1 heterocycles. The molecule has 1 saturated carbocycles. The van der Waals surface area contributed by atoms with Crippen LogP contribution in [0.5, 0.6) is 0 Å². The van der Waals surface area contributed by atoms with Gasteiger partial charge in [0.2, 0.25) is 0 Å². The number of nitrogens with one attached hydrogen (secondary N) is 2. The van der Waals surface area contributed by atoms with Crippen LogP contribution in [0.2, 0.25) is 0 Å². The summed E-state index contributed by atoms with van der Waals surface area (Å²) in [6.45, 7) is 12.7. The van der Waals surface area contributed by atoms with Gasteiger partial charge in [0.1, 0.15) is 0 Å². The summed E-state index contributed by atoms with van der Waals surface area (Å²) in [7, 11) is 1.87. The summed E-state index contributed by atoms with van der Waals surface area (Å²) in [5, 5.41) is 7.09. The Hall–Kier alpha value is -0.810. The minimum Gasteiger partial charge on any atom is -0.379 e. The molecule has 0 spiro atoms. The fourth-order valence-electron chi connectivity index (χ4n) is 3.82. The third kappa shape index (κ3) is 5.64. The monoisotopic (exact) mass is 324 g/mol. The number of guanidine groups is 1. The highest BCUT2D eigenvalue weighted by molar-refractivity contribution is 5.79. The molecule has 0 aromatic carbocycles. The second-order valence-corrected chi connectivity index (χ2v) is 7.78. The lowest BCUT2D eigenvalue weighted by atomic mass is 9.89. The summed E-state index contributed by atoms with van der Waals surface area (Å²) < 4.78 is 5.48. The van der Waals surface area contributed by atoms with E-state index in [0.717, 1.165) is 45.4 Å². The zero-order chi connectivity index (χ0) is 16.7. The van der Waals surface area contributed by atoms with Crippen LogP contribution in [-0.2, 0) is 4.74 Å². The van der Waals surface area contributed by atoms with Crippen LogP contribution in [0, 0.1) is 11.3 Å². The molecule has 0 amide bonds. The van der Waals surface area contributed by atoms with Gasteiger partial charge in [-0.2, -0.15) is 0 Å². The SMILES string of the molecule is CN=C(NCC(C(C)C)N1CCOCC1)NCC1(C)CCCC1. The van der Waals surface area contributed by atoms with Crippen LogP contribution in [-0.4, -0.2) is 63.3 Å². The maximum Gasteiger partial charge on any atom is 0.191 e. The second kappa shape index (κ2) is 8.88. The summed E-state index contributed by atoms with van der Waals surface area (Å²) in [4.78, 5) is 6.96. The molecule has 2 fully saturated rings. The Morgan fingerprint density at radius 3 is 2.39 bits per heavy atom. The van der Waals surface area contributed by atoms with Crippen molar-refractivity contribution in [2.75, 3.05) is 46.4 Å². The van der Waals surface area contributed by atoms with E-state index in [4.69, 9.17) is 4.74 Å². The van der Waals surface area contributed by atoms with Crippen molar-refractivity contribution in [1.29, 1.82) is 0 Å². The second-order valence-electron chi connectivity index (χ2n) is 7.78. The molecule has 1 atom stereocenters. The minimum atomic E-state index is 0.444. The molecule has 1 saturated heterocycles. The van der Waals surface area contributed by atoms with Gasteiger partial charge in [-0.15, -0.1) is 0 Å². The molecular formula is C18H36N4O. The van der Waals surface area contributed by atoms with E-state index in [0.29, 0.717) is 17.4 Å². The van der Waals surface area contributed by atoms with Crippen molar-refractivity contribution in [2.24, 2.45) is 16.3 Å². The largest absolute Gasteiger partial charge is 0.379 e. The van der Waals surface area contributed by atoms with Crippen LogP contribution in [0.1, 0.15) is 46.5 Å². The molecule has 1 unspecified atom stereocenters. The first-order valence-corrected chi connectivity index (χ1v) is 9.30. The van der Waals surface area contributed by atoms with Gasteiger partial charge in [-0.3, -0.25) is 9.89 Å². The zero-order valence-electron chi connectivity index (χ0n) is 15.5. The molecule has 2 aliphatic rings. The van der Waals surface area contributed by atoms with E-state index in [1.54, 1.807) is 0 Å². The lowest BCUT2D eigenvalue weighted by molar-refractivity contribution is 0.00751. The number of nitrogens with zero attached hydrogens (tertiary/aromatic N) is 2. The quantitative estimate of drug-likeness (QED) is 0.580. The van der Waals surface area contributed by atoms with Crippen molar-refractivity contribution < 1.29 is 4.74 Å². The van der Waals surface area contributed by atoms with Crippen LogP contribution < -0.4 is 10.6 Å². The summed E-state index contributed by atoms with van der Waals surface area (Å²) in [5.74, 6) is 1.56. The summed E-state index contributed by atoms with van der Waals surface area (Å²) in [6, 6.07) is 0.527. The van der Waals surface area contributed by atoms with Gasteiger partial charge >= 0.3 is 0 Å². The number of hydrogen-bond donors (Lipinski definition) is 2. The average molecular weight is 325 g/mol. The van der Waals surface area contributed by atoms with E-state index < -0.39 is 0 Å². The van der Waals surface area contributed by atoms with Crippen LogP contribution >= 0.6 is 0 Å². The molecule has 1 aliphatic carbocycles. The van der Waals surface area contributed by atoms with Crippen molar-refractivity contribution in [2.45, 2.75) is 52.5 Å². The highest BCUT2D eigenvalue weighted by atomic mass is 16.5. The third-order valence-corrected chi connectivity index (χ3v) is 5.48. The molecular weight excluding hydrogens is 288 g/mol. The standard InChI is InChI=1S/C18H36N4O/c1-15(2)16(22-9-11-23-12-10-22)13-20-17(19-4)21-14-18(3)7-5-6-8-18/h15-16H,5-14H2,1-4H3,(H2,19,20,21). The van der Waals surface area contributed by atoms with Crippen LogP contribution in [0.3, 0.4) is 0 Å². The molecule has 2 rings (SSSR count). The summed E-state index contributed by atoms with van der Waals surface area (Å²) in [5.41, 5.74) is 0.444. The van der Waals surface area contributed by atoms with E-state index in [2.05, 4.69) is 41.3 Å². The Balaban J connectivity index is 1.80. The van der Waals surface area contributed by atoms with Crippen molar-refractivity contribution in [1.82, 2.24) is 15.5 Å². The van der Waals surface area contributed by atoms with Gasteiger partial charge in [-0.25, -0.2) is 0 Å². The molecule has 1 aliphatic heterocycles. The lowest BCUT2D eigenvalue weighted by Gasteiger charge is -2.37. The zero-order valence-corrected chi connectivity index (χ0v) is 15.5. The van der Waals surface area contributed by atoms with Gasteiger partial charge in [-0.05, 0) is 24.2 Å². The Morgan fingerprint density at radius 2 is 1.83 bits per heavy atom. The predicted octanol–water partition coefficient (Wildman–Crippen LogP) is 2.09. The smallest absolute Gasteiger partial charge is 0.191 e. The van der Waals surface area contributed by atoms with Gasteiger partial charge in [0.05, 0.1) is 13.2 Å². The fraction of sp³-hybridized carbons (Fsp3) is 0.944. The van der Waals surface area contributed by atoms with Crippen LogP contribution in [0.15, 0.2) is 4.99 Å². The highest BCUT2D eigenvalue weighted by Crippen LogP contribution is 2.36. The van der Waals surface area contributed by atoms with Crippen molar-refractivity contribution in [3.05, 3.63) is 0 Å². The van der Waals surface area contributed by atoms with E-state index in [-0.39, 0.29) is 0 Å². The Bertz CT molecular complexity index is 371. The molecule has 5 heteroatoms. The highest BCUT2D eigenvalue weighted by Gasteiger charge is 2.29. The maximum atomic E-state index is 5.48. The maximum absolute atomic E-state index is 5.48. The molecule has 2 N–H and O–H groups in total. The van der Waals surface area contributed by atoms with Crippen molar-refractivity contribution in [3.8, 4) is 0 Å². The summed E-state index contributed by atoms with van der Waals surface area (Å²) in [6.07, 6.45) is 5.41. The number of ether oxygens (including phenoxy) is 1. The molecule has 23 heavy (non-hydrogen) atoms. The number of aliphatic imine (C=N–C) groups is 1. The molecule has 0 aromatic rings. The van der Waals surface area contributed by atoms with Crippen LogP contribution in [0.25, 0.3) is 0 Å². The fourth-order valence-corrected chi connectivity index (χ4v) is 3.82. The Morgan fingerprint density at radius 1 is 1.17 bits per heavy atom. The molecule has 0 radical (unpaired) electrons. The molecule has 0 bridgehead atoms. The van der Waals surface area contributed by atoms with Gasteiger partial charge in [0, 0.05) is 39.3 Å². The molecule has 5 nitrogen and oxygen atoms in total. The first-order valence-electron chi connectivity index (χ1n) is 9.30. The summed E-state index contributed by atoms with van der Waals surface area (Å²) >= 11 is 0. The topological polar surface area (TPSA) is 48.9 Å². The Kier molecular flexibility index (Phi) is 7.15. The van der Waals surface area contributed by atoms with Crippen molar-refractivity contribution in [3.63, 3.8) is 0 Å². The van der Waals surface area contributed by atoms with E-state index in [1.807, 2.05) is 7.05 Å². The first-order chi connectivity index (χ1) is 11.0. The number of morpholine rings is 1. The molecule has 0 aromatic heterocycles. The lowest BCUT2D eigenvalue weighted by Crippen LogP contribution is -2.53. The van der Waals surface area contributed by atoms with Gasteiger partial charge in [0.25, 0.3) is 0 Å². The van der Waals surface area contributed by atoms with Gasteiger partial charge < -0.3 is 15.4 Å². The van der Waals surface area contributed by atoms with Gasteiger partial charge in [-0.1, -0.05) is 33.6 Å². The van der Waals surface area contributed by atoms with Crippen molar-refractivity contribution >= 4 is 5.96 Å². The minimum absolute atomic E-state index is 0.444. The van der Waals surface area contributed by atoms with E-state index in [9.17, 15) is 0 Å². The van der Waals surface area contributed by atoms with Crippen LogP contribution in [0.4, 0.5) is 0 Å². The normalized spacial score (nSPS) is 24.0. The average Bonchev–Trinajstić information content (AvgIpc) is 2.98. The first kappa shape index (κ1) is 18.5. The third-order valence-electron chi connectivity index (χ3n) is 5.48. The number of rotatable bonds is 6. The van der Waals surface area contributed by atoms with E-state index >= 15 is 0 Å². The number of hydrogen-bond acceptors (Lipinski definition) is 3. The molecule has 134 valence electrons. The predicted molar refractivity (Wildman–Crippen MR) is 97.0 cm³/mol. The Labute approximate surface area is 142 Å².